The van der Waals surface area contributed by atoms with Gasteiger partial charge in [0.2, 0.25) is 0 Å². The van der Waals surface area contributed by atoms with Crippen LogP contribution in [0.1, 0.15) is 30.1 Å². The van der Waals surface area contributed by atoms with Gasteiger partial charge in [-0.1, -0.05) is 6.92 Å². The summed E-state index contributed by atoms with van der Waals surface area (Å²) in [4.78, 5) is 11.7. The molecule has 1 atom stereocenters. The summed E-state index contributed by atoms with van der Waals surface area (Å²) >= 11 is 3.04. The van der Waals surface area contributed by atoms with Crippen molar-refractivity contribution in [3.63, 3.8) is 0 Å². The van der Waals surface area contributed by atoms with Gasteiger partial charge in [0, 0.05) is 18.7 Å². The maximum atomic E-state index is 13.2. The minimum Gasteiger partial charge on any atom is -0.396 e. The van der Waals surface area contributed by atoms with Gasteiger partial charge in [0.05, 0.1) is 4.47 Å². The second kappa shape index (κ2) is 7.48. The number of carbonyl (C=O) groups excluding carboxylic acids is 1. The maximum Gasteiger partial charge on any atom is 0.251 e. The van der Waals surface area contributed by atoms with Crippen LogP contribution in [0.2, 0.25) is 0 Å². The molecule has 0 aliphatic carbocycles. The van der Waals surface area contributed by atoms with Gasteiger partial charge in [-0.25, -0.2) is 4.39 Å². The van der Waals surface area contributed by atoms with Crippen LogP contribution >= 0.6 is 15.9 Å². The largest absolute Gasteiger partial charge is 0.396 e. The topological polar surface area (TPSA) is 49.3 Å². The van der Waals surface area contributed by atoms with Crippen molar-refractivity contribution in [1.29, 1.82) is 0 Å². The lowest BCUT2D eigenvalue weighted by Crippen LogP contribution is -2.25. The van der Waals surface area contributed by atoms with Crippen LogP contribution in [-0.2, 0) is 0 Å². The van der Waals surface area contributed by atoms with Gasteiger partial charge in [0.1, 0.15) is 5.82 Å². The predicted octanol–water partition coefficient (Wildman–Crippen LogP) is 2.73. The monoisotopic (exact) mass is 317 g/mol. The molecule has 3 nitrogen and oxygen atoms in total. The molecule has 1 aromatic carbocycles. The van der Waals surface area contributed by atoms with Gasteiger partial charge >= 0.3 is 0 Å². The number of benzene rings is 1. The standard InChI is InChI=1S/C13H17BrFNO2/c1-9(8-17)3-2-6-16-13(18)10-4-5-11(14)12(15)7-10/h4-5,7,9,17H,2-3,6,8H2,1H3,(H,16,18). The van der Waals surface area contributed by atoms with Gasteiger partial charge in [-0.15, -0.1) is 0 Å². The first-order valence-corrected chi connectivity index (χ1v) is 6.68. The second-order valence-corrected chi connectivity index (χ2v) is 5.17. The van der Waals surface area contributed by atoms with Gasteiger partial charge < -0.3 is 10.4 Å². The third-order valence-electron chi connectivity index (χ3n) is 2.65. The quantitative estimate of drug-likeness (QED) is 0.793. The highest BCUT2D eigenvalue weighted by atomic mass is 79.9. The first-order chi connectivity index (χ1) is 8.54. The van der Waals surface area contributed by atoms with Crippen molar-refractivity contribution < 1.29 is 14.3 Å². The minimum atomic E-state index is -0.448. The van der Waals surface area contributed by atoms with E-state index < -0.39 is 5.82 Å². The van der Waals surface area contributed by atoms with Crippen LogP contribution in [0.15, 0.2) is 22.7 Å². The number of carbonyl (C=O) groups is 1. The Morgan fingerprint density at radius 2 is 2.28 bits per heavy atom. The lowest BCUT2D eigenvalue weighted by atomic mass is 10.1. The van der Waals surface area contributed by atoms with E-state index >= 15 is 0 Å². The first-order valence-electron chi connectivity index (χ1n) is 5.88. The molecule has 0 fully saturated rings. The highest BCUT2D eigenvalue weighted by molar-refractivity contribution is 9.10. The summed E-state index contributed by atoms with van der Waals surface area (Å²) < 4.78 is 13.6. The summed E-state index contributed by atoms with van der Waals surface area (Å²) in [6.07, 6.45) is 1.65. The number of nitrogens with one attached hydrogen (secondary N) is 1. The van der Waals surface area contributed by atoms with Gasteiger partial charge in [-0.3, -0.25) is 4.79 Å². The summed E-state index contributed by atoms with van der Waals surface area (Å²) in [6, 6.07) is 4.28. The van der Waals surface area contributed by atoms with Crippen LogP contribution < -0.4 is 5.32 Å². The molecule has 1 unspecified atom stereocenters. The molecule has 1 aromatic rings. The van der Waals surface area contributed by atoms with Crippen molar-refractivity contribution in [2.45, 2.75) is 19.8 Å². The van der Waals surface area contributed by atoms with Crippen LogP contribution in [0, 0.1) is 11.7 Å². The third kappa shape index (κ3) is 4.74. The van der Waals surface area contributed by atoms with E-state index in [0.29, 0.717) is 16.6 Å². The fraction of sp³-hybridized carbons (Fsp3) is 0.462. The Morgan fingerprint density at radius 3 is 2.89 bits per heavy atom. The molecule has 1 rings (SSSR count). The molecule has 0 aliphatic heterocycles. The highest BCUT2D eigenvalue weighted by Gasteiger charge is 2.08. The lowest BCUT2D eigenvalue weighted by Gasteiger charge is -2.08. The van der Waals surface area contributed by atoms with Gasteiger partial charge in [-0.2, -0.15) is 0 Å². The van der Waals surface area contributed by atoms with Gasteiger partial charge in [0.25, 0.3) is 5.91 Å². The molecular weight excluding hydrogens is 301 g/mol. The average molecular weight is 318 g/mol. The summed E-state index contributed by atoms with van der Waals surface area (Å²) in [5.41, 5.74) is 0.311. The lowest BCUT2D eigenvalue weighted by molar-refractivity contribution is 0.0951. The van der Waals surface area contributed by atoms with Crippen molar-refractivity contribution in [3.8, 4) is 0 Å². The second-order valence-electron chi connectivity index (χ2n) is 4.31. The SMILES string of the molecule is CC(CO)CCCNC(=O)c1ccc(Br)c(F)c1. The van der Waals surface area contributed by atoms with Crippen LogP contribution in [0.25, 0.3) is 0 Å². The molecule has 100 valence electrons. The zero-order valence-electron chi connectivity index (χ0n) is 10.2. The maximum absolute atomic E-state index is 13.2. The van der Waals surface area contributed by atoms with E-state index in [4.69, 9.17) is 5.11 Å². The summed E-state index contributed by atoms with van der Waals surface area (Å²) in [5, 5.41) is 11.6. The van der Waals surface area contributed by atoms with Crippen LogP contribution in [0.3, 0.4) is 0 Å². The van der Waals surface area contributed by atoms with E-state index in [2.05, 4.69) is 21.2 Å². The fourth-order valence-corrected chi connectivity index (χ4v) is 1.73. The number of hydrogen-bond acceptors (Lipinski definition) is 2. The Labute approximate surface area is 115 Å². The third-order valence-corrected chi connectivity index (χ3v) is 3.30. The van der Waals surface area contributed by atoms with Crippen molar-refractivity contribution in [2.75, 3.05) is 13.2 Å². The van der Waals surface area contributed by atoms with Gasteiger partial charge in [0.15, 0.2) is 0 Å². The molecule has 0 saturated carbocycles. The number of amides is 1. The molecule has 0 aliphatic rings. The molecule has 1 amide bonds. The molecular formula is C13H17BrFNO2. The first kappa shape index (κ1) is 15.1. The molecule has 0 bridgehead atoms. The van der Waals surface area contributed by atoms with Crippen LogP contribution in [0.4, 0.5) is 4.39 Å². The van der Waals surface area contributed by atoms with E-state index in [1.807, 2.05) is 6.92 Å². The van der Waals surface area contributed by atoms with Gasteiger partial charge in [-0.05, 0) is 52.9 Å². The normalized spacial score (nSPS) is 12.2. The summed E-state index contributed by atoms with van der Waals surface area (Å²) in [6.45, 7) is 2.64. The number of aliphatic hydroxyl groups is 1. The van der Waals surface area contributed by atoms with Crippen LogP contribution in [0.5, 0.6) is 0 Å². The highest BCUT2D eigenvalue weighted by Crippen LogP contribution is 2.16. The zero-order valence-corrected chi connectivity index (χ0v) is 11.8. The van der Waals surface area contributed by atoms with E-state index in [0.717, 1.165) is 12.8 Å². The van der Waals surface area contributed by atoms with Crippen LogP contribution in [-0.4, -0.2) is 24.2 Å². The van der Waals surface area contributed by atoms with Crippen molar-refractivity contribution in [1.82, 2.24) is 5.32 Å². The summed E-state index contributed by atoms with van der Waals surface area (Å²) in [5.74, 6) is -0.485. The van der Waals surface area contributed by atoms with Crippen molar-refractivity contribution in [2.24, 2.45) is 5.92 Å². The molecule has 0 saturated heterocycles. The Kier molecular flexibility index (Phi) is 6.29. The minimum absolute atomic E-state index is 0.159. The number of halogens is 2. The number of rotatable bonds is 6. The van der Waals surface area contributed by atoms with E-state index in [1.54, 1.807) is 6.07 Å². The van der Waals surface area contributed by atoms with Crippen molar-refractivity contribution in [3.05, 3.63) is 34.1 Å². The molecule has 0 spiro atoms. The Balaban J connectivity index is 2.39. The van der Waals surface area contributed by atoms with Crippen molar-refractivity contribution >= 4 is 21.8 Å². The zero-order chi connectivity index (χ0) is 13.5. The Bertz CT molecular complexity index is 412. The molecule has 2 N–H and O–H groups in total. The van der Waals surface area contributed by atoms with E-state index in [-0.39, 0.29) is 18.4 Å². The smallest absolute Gasteiger partial charge is 0.251 e. The molecule has 18 heavy (non-hydrogen) atoms. The molecule has 0 aromatic heterocycles. The molecule has 5 heteroatoms. The fourth-order valence-electron chi connectivity index (χ4n) is 1.48. The summed E-state index contributed by atoms with van der Waals surface area (Å²) in [7, 11) is 0. The number of hydrogen-bond donors (Lipinski definition) is 2. The molecule has 0 heterocycles. The molecule has 0 radical (unpaired) electrons. The Morgan fingerprint density at radius 1 is 1.56 bits per heavy atom. The number of aliphatic hydroxyl groups excluding tert-OH is 1. The predicted molar refractivity (Wildman–Crippen MR) is 71.9 cm³/mol. The average Bonchev–Trinajstić information content (AvgIpc) is 2.37. The van der Waals surface area contributed by atoms with E-state index in [1.165, 1.54) is 12.1 Å². The Hall–Kier alpha value is -0.940. The van der Waals surface area contributed by atoms with E-state index in [9.17, 15) is 9.18 Å².